The van der Waals surface area contributed by atoms with E-state index in [0.29, 0.717) is 13.0 Å². The lowest BCUT2D eigenvalue weighted by atomic mass is 9.72. The Balaban J connectivity index is 4.20. The summed E-state index contributed by atoms with van der Waals surface area (Å²) in [5, 5.41) is 8.71. The van der Waals surface area contributed by atoms with Gasteiger partial charge in [0.2, 0.25) is 0 Å². The fourth-order valence-corrected chi connectivity index (χ4v) is 2.13. The molecule has 0 aliphatic carbocycles. The Kier molecular flexibility index (Phi) is 5.42. The minimum absolute atomic E-state index is 0.0793. The van der Waals surface area contributed by atoms with E-state index < -0.39 is 12.0 Å². The summed E-state index contributed by atoms with van der Waals surface area (Å²) in [7, 11) is 0. The molecule has 0 aliphatic heterocycles. The van der Waals surface area contributed by atoms with E-state index in [4.69, 9.17) is 16.6 Å². The van der Waals surface area contributed by atoms with E-state index in [1.54, 1.807) is 0 Å². The van der Waals surface area contributed by atoms with Gasteiger partial charge in [-0.05, 0) is 36.6 Å². The van der Waals surface area contributed by atoms with Crippen LogP contribution in [0.15, 0.2) is 0 Å². The number of hydrogen-bond donors (Lipinski definition) is 3. The summed E-state index contributed by atoms with van der Waals surface area (Å²) >= 11 is 0. The molecule has 5 N–H and O–H groups in total. The summed E-state index contributed by atoms with van der Waals surface area (Å²) in [6, 6.07) is -0.750. The zero-order chi connectivity index (χ0) is 13.0. The Bertz CT molecular complexity index is 237. The maximum atomic E-state index is 10.6. The van der Waals surface area contributed by atoms with Crippen molar-refractivity contribution in [3.8, 4) is 0 Å². The smallest absolute Gasteiger partial charge is 0.320 e. The largest absolute Gasteiger partial charge is 0.480 e. The molecule has 0 fully saturated rings. The third-order valence-electron chi connectivity index (χ3n) is 2.96. The molecule has 0 saturated heterocycles. The Morgan fingerprint density at radius 1 is 1.25 bits per heavy atom. The van der Waals surface area contributed by atoms with Crippen LogP contribution >= 0.6 is 0 Å². The molecular formula is C12H26N2O2. The molecule has 0 aliphatic rings. The van der Waals surface area contributed by atoms with Gasteiger partial charge < -0.3 is 16.6 Å². The van der Waals surface area contributed by atoms with Crippen molar-refractivity contribution < 1.29 is 9.90 Å². The average molecular weight is 230 g/mol. The van der Waals surface area contributed by atoms with Crippen molar-refractivity contribution in [2.45, 2.75) is 53.0 Å². The normalized spacial score (nSPS) is 14.9. The Hall–Kier alpha value is -0.610. The van der Waals surface area contributed by atoms with Crippen LogP contribution in [-0.4, -0.2) is 23.7 Å². The van der Waals surface area contributed by atoms with Crippen LogP contribution in [0, 0.1) is 10.8 Å². The highest BCUT2D eigenvalue weighted by molar-refractivity contribution is 5.72. The lowest BCUT2D eigenvalue weighted by Gasteiger charge is -2.34. The highest BCUT2D eigenvalue weighted by atomic mass is 16.4. The van der Waals surface area contributed by atoms with E-state index in [1.165, 1.54) is 0 Å². The molecule has 96 valence electrons. The topological polar surface area (TPSA) is 89.3 Å². The summed E-state index contributed by atoms with van der Waals surface area (Å²) in [6.45, 7) is 9.18. The Morgan fingerprint density at radius 2 is 1.75 bits per heavy atom. The zero-order valence-corrected chi connectivity index (χ0v) is 10.9. The number of carboxylic acids is 1. The van der Waals surface area contributed by atoms with Crippen LogP contribution in [0.25, 0.3) is 0 Å². The van der Waals surface area contributed by atoms with Crippen molar-refractivity contribution in [1.82, 2.24) is 0 Å². The van der Waals surface area contributed by atoms with Gasteiger partial charge in [-0.1, -0.05) is 27.7 Å². The predicted octanol–water partition coefficient (Wildman–Crippen LogP) is 1.58. The predicted molar refractivity (Wildman–Crippen MR) is 66.1 cm³/mol. The molecule has 0 bridgehead atoms. The van der Waals surface area contributed by atoms with Gasteiger partial charge in [-0.25, -0.2) is 0 Å². The van der Waals surface area contributed by atoms with Gasteiger partial charge in [0.05, 0.1) is 0 Å². The molecule has 0 saturated carbocycles. The molecule has 0 spiro atoms. The second-order valence-electron chi connectivity index (χ2n) is 6.19. The van der Waals surface area contributed by atoms with Crippen molar-refractivity contribution in [2.24, 2.45) is 22.3 Å². The lowest BCUT2D eigenvalue weighted by Crippen LogP contribution is -2.34. The maximum Gasteiger partial charge on any atom is 0.320 e. The van der Waals surface area contributed by atoms with Crippen LogP contribution < -0.4 is 11.5 Å². The SMILES string of the molecule is CC(C)(CN)CC(C)(C)CC[C@H](N)C(=O)O. The number of carboxylic acid groups (broad SMARTS) is 1. The van der Waals surface area contributed by atoms with Gasteiger partial charge in [-0.2, -0.15) is 0 Å². The first-order chi connectivity index (χ1) is 7.09. The fraction of sp³-hybridized carbons (Fsp3) is 0.917. The van der Waals surface area contributed by atoms with E-state index in [9.17, 15) is 4.79 Å². The number of hydrogen-bond acceptors (Lipinski definition) is 3. The van der Waals surface area contributed by atoms with E-state index in [2.05, 4.69) is 27.7 Å². The average Bonchev–Trinajstić information content (AvgIpc) is 2.12. The molecule has 4 nitrogen and oxygen atoms in total. The van der Waals surface area contributed by atoms with Gasteiger partial charge >= 0.3 is 5.97 Å². The van der Waals surface area contributed by atoms with Crippen molar-refractivity contribution in [3.05, 3.63) is 0 Å². The molecule has 0 aromatic heterocycles. The van der Waals surface area contributed by atoms with Crippen LogP contribution in [-0.2, 0) is 4.79 Å². The first kappa shape index (κ1) is 15.4. The summed E-state index contributed by atoms with van der Waals surface area (Å²) < 4.78 is 0. The number of aliphatic carboxylic acids is 1. The maximum absolute atomic E-state index is 10.6. The quantitative estimate of drug-likeness (QED) is 0.619. The summed E-state index contributed by atoms with van der Waals surface area (Å²) in [5.74, 6) is -0.922. The minimum atomic E-state index is -0.922. The zero-order valence-electron chi connectivity index (χ0n) is 10.9. The molecule has 0 aromatic rings. The first-order valence-electron chi connectivity index (χ1n) is 5.78. The monoisotopic (exact) mass is 230 g/mol. The Labute approximate surface area is 98.4 Å². The highest BCUT2D eigenvalue weighted by Crippen LogP contribution is 2.36. The van der Waals surface area contributed by atoms with Gasteiger partial charge in [-0.3, -0.25) is 4.79 Å². The van der Waals surface area contributed by atoms with Crippen LogP contribution in [0.4, 0.5) is 0 Å². The molecular weight excluding hydrogens is 204 g/mol. The van der Waals surface area contributed by atoms with Gasteiger partial charge in [-0.15, -0.1) is 0 Å². The molecule has 0 radical (unpaired) electrons. The number of nitrogens with two attached hydrogens (primary N) is 2. The molecule has 1 atom stereocenters. The fourth-order valence-electron chi connectivity index (χ4n) is 2.13. The third-order valence-corrected chi connectivity index (χ3v) is 2.96. The highest BCUT2D eigenvalue weighted by Gasteiger charge is 2.28. The van der Waals surface area contributed by atoms with Crippen molar-refractivity contribution in [1.29, 1.82) is 0 Å². The molecule has 0 amide bonds. The number of rotatable bonds is 7. The van der Waals surface area contributed by atoms with Gasteiger partial charge in [0.25, 0.3) is 0 Å². The van der Waals surface area contributed by atoms with Crippen LogP contribution in [0.5, 0.6) is 0 Å². The second-order valence-corrected chi connectivity index (χ2v) is 6.19. The molecule has 16 heavy (non-hydrogen) atoms. The molecule has 0 aromatic carbocycles. The van der Waals surface area contributed by atoms with E-state index in [-0.39, 0.29) is 10.8 Å². The van der Waals surface area contributed by atoms with Crippen molar-refractivity contribution >= 4 is 5.97 Å². The number of carbonyl (C=O) groups is 1. The van der Waals surface area contributed by atoms with Crippen LogP contribution in [0.1, 0.15) is 47.0 Å². The van der Waals surface area contributed by atoms with E-state index in [1.807, 2.05) is 0 Å². The Morgan fingerprint density at radius 3 is 2.12 bits per heavy atom. The standard InChI is InChI=1S/C12H26N2O2/c1-11(2,7-12(3,4)8-13)6-5-9(14)10(15)16/h9H,5-8,13-14H2,1-4H3,(H,15,16)/t9-/m0/s1. The molecule has 0 heterocycles. The van der Waals surface area contributed by atoms with Crippen LogP contribution in [0.3, 0.4) is 0 Å². The van der Waals surface area contributed by atoms with Gasteiger partial charge in [0, 0.05) is 0 Å². The van der Waals surface area contributed by atoms with Crippen LogP contribution in [0.2, 0.25) is 0 Å². The lowest BCUT2D eigenvalue weighted by molar-refractivity contribution is -0.138. The van der Waals surface area contributed by atoms with E-state index >= 15 is 0 Å². The van der Waals surface area contributed by atoms with E-state index in [0.717, 1.165) is 12.8 Å². The second kappa shape index (κ2) is 5.64. The molecule has 0 rings (SSSR count). The van der Waals surface area contributed by atoms with Gasteiger partial charge in [0.15, 0.2) is 0 Å². The van der Waals surface area contributed by atoms with Crippen molar-refractivity contribution in [2.75, 3.05) is 6.54 Å². The first-order valence-corrected chi connectivity index (χ1v) is 5.78. The minimum Gasteiger partial charge on any atom is -0.480 e. The third kappa shape index (κ3) is 6.08. The van der Waals surface area contributed by atoms with Gasteiger partial charge in [0.1, 0.15) is 6.04 Å². The summed E-state index contributed by atoms with van der Waals surface area (Å²) in [5.41, 5.74) is 11.4. The van der Waals surface area contributed by atoms with Crippen molar-refractivity contribution in [3.63, 3.8) is 0 Å². The molecule has 4 heteroatoms. The molecule has 0 unspecified atom stereocenters. The summed E-state index contributed by atoms with van der Waals surface area (Å²) in [6.07, 6.45) is 2.30. The summed E-state index contributed by atoms with van der Waals surface area (Å²) in [4.78, 5) is 10.6.